The van der Waals surface area contributed by atoms with Gasteiger partial charge < -0.3 is 43.7 Å². The summed E-state index contributed by atoms with van der Waals surface area (Å²) in [6.07, 6.45) is 9.79. The second-order valence-electron chi connectivity index (χ2n) is 12.6. The van der Waals surface area contributed by atoms with Crippen LogP contribution in [0.5, 0.6) is 17.2 Å². The predicted molar refractivity (Wildman–Crippen MR) is 177 cm³/mol. The minimum atomic E-state index is -0.546. The van der Waals surface area contributed by atoms with Crippen molar-refractivity contribution in [2.24, 2.45) is 0 Å². The van der Waals surface area contributed by atoms with Gasteiger partial charge in [0.2, 0.25) is 17.6 Å². The predicted octanol–water partition coefficient (Wildman–Crippen LogP) is 4.67. The molecule has 2 aliphatic heterocycles. The van der Waals surface area contributed by atoms with Crippen LogP contribution in [-0.4, -0.2) is 99.2 Å². The van der Waals surface area contributed by atoms with Gasteiger partial charge in [0.25, 0.3) is 0 Å². The molecule has 0 radical (unpaired) electrons. The van der Waals surface area contributed by atoms with Crippen LogP contribution in [0.2, 0.25) is 0 Å². The van der Waals surface area contributed by atoms with Crippen LogP contribution in [0.25, 0.3) is 16.9 Å². The molecule has 4 aromatic rings. The molecule has 1 amide bonds. The Morgan fingerprint density at radius 2 is 1.81 bits per heavy atom. The van der Waals surface area contributed by atoms with Gasteiger partial charge in [0.1, 0.15) is 17.6 Å². The number of aliphatic hydroxyl groups is 1. The lowest BCUT2D eigenvalue weighted by Crippen LogP contribution is -2.39. The molecule has 0 spiro atoms. The number of fused-ring (bicyclic) bond motifs is 1. The highest BCUT2D eigenvalue weighted by molar-refractivity contribution is 5.75. The molecule has 6 rings (SSSR count). The zero-order valence-corrected chi connectivity index (χ0v) is 27.7. The van der Waals surface area contributed by atoms with Crippen molar-refractivity contribution in [2.75, 3.05) is 57.8 Å². The van der Waals surface area contributed by atoms with Gasteiger partial charge in [0.05, 0.1) is 45.9 Å². The number of amides is 1. The number of benzene rings is 1. The lowest BCUT2D eigenvalue weighted by molar-refractivity contribution is 0.0270. The minimum Gasteiger partial charge on any atom is -0.493 e. The molecular weight excluding hydrogens is 604 g/mol. The van der Waals surface area contributed by atoms with Crippen molar-refractivity contribution in [3.63, 3.8) is 0 Å². The summed E-state index contributed by atoms with van der Waals surface area (Å²) in [7, 11) is 4.72. The summed E-state index contributed by atoms with van der Waals surface area (Å²) >= 11 is 0. The van der Waals surface area contributed by atoms with E-state index < -0.39 is 5.60 Å². The number of methoxy groups -OCH3 is 3. The average Bonchev–Trinajstić information content (AvgIpc) is 3.83. The number of rotatable bonds is 9. The van der Waals surface area contributed by atoms with Crippen LogP contribution in [0.4, 0.5) is 22.5 Å². The molecule has 0 unspecified atom stereocenters. The molecule has 2 aliphatic rings. The zero-order valence-electron chi connectivity index (χ0n) is 27.7. The summed E-state index contributed by atoms with van der Waals surface area (Å²) < 4.78 is 25.8. The first-order chi connectivity index (χ1) is 22.6. The first-order valence-corrected chi connectivity index (χ1v) is 15.7. The highest BCUT2D eigenvalue weighted by Gasteiger charge is 2.28. The first kappa shape index (κ1) is 32.0. The van der Waals surface area contributed by atoms with Gasteiger partial charge in [-0.25, -0.2) is 9.78 Å². The van der Waals surface area contributed by atoms with Gasteiger partial charge in [-0.1, -0.05) is 6.08 Å². The largest absolute Gasteiger partial charge is 0.493 e. The number of ether oxygens (including phenoxy) is 4. The van der Waals surface area contributed by atoms with Crippen molar-refractivity contribution in [3.8, 4) is 22.9 Å². The summed E-state index contributed by atoms with van der Waals surface area (Å²) in [6, 6.07) is 5.68. The molecule has 3 aromatic heterocycles. The number of carbonyl (C=O) groups is 1. The Bertz CT molecular complexity index is 1770. The number of anilines is 3. The fourth-order valence-corrected chi connectivity index (χ4v) is 5.95. The van der Waals surface area contributed by atoms with E-state index in [2.05, 4.69) is 21.3 Å². The lowest BCUT2D eigenvalue weighted by Gasteiger charge is -2.29. The number of aromatic nitrogens is 5. The van der Waals surface area contributed by atoms with Crippen molar-refractivity contribution < 1.29 is 28.8 Å². The third kappa shape index (κ3) is 6.64. The van der Waals surface area contributed by atoms with E-state index in [1.807, 2.05) is 60.3 Å². The van der Waals surface area contributed by atoms with Crippen LogP contribution in [0, 0.1) is 0 Å². The fraction of sp³-hybridized carbons (Fsp3) is 0.455. The summed E-state index contributed by atoms with van der Waals surface area (Å²) in [5.74, 6) is 3.20. The SMILES string of the molecule is COc1cc(-n2cnc(Nc3nc(N4CCC[C@H]4CO)nc4cc(C5=CCN(C(=O)OC(C)(C)C)CC5)cn34)c2)cc(OC)c1OC. The fourth-order valence-electron chi connectivity index (χ4n) is 5.95. The van der Waals surface area contributed by atoms with E-state index in [1.54, 1.807) is 32.6 Å². The number of nitrogens with zero attached hydrogens (tertiary/aromatic N) is 7. The quantitative estimate of drug-likeness (QED) is 0.262. The van der Waals surface area contributed by atoms with Crippen molar-refractivity contribution in [2.45, 2.75) is 51.7 Å². The van der Waals surface area contributed by atoms with Gasteiger partial charge >= 0.3 is 6.09 Å². The first-order valence-electron chi connectivity index (χ1n) is 15.7. The van der Waals surface area contributed by atoms with E-state index in [-0.39, 0.29) is 18.7 Å². The number of nitrogens with one attached hydrogen (secondary N) is 1. The van der Waals surface area contributed by atoms with E-state index >= 15 is 0 Å². The van der Waals surface area contributed by atoms with Crippen LogP contribution < -0.4 is 24.4 Å². The minimum absolute atomic E-state index is 0.0315. The van der Waals surface area contributed by atoms with Crippen LogP contribution in [0.3, 0.4) is 0 Å². The Kier molecular flexibility index (Phi) is 8.86. The molecule has 1 saturated heterocycles. The molecule has 0 aliphatic carbocycles. The Labute approximate surface area is 273 Å². The van der Waals surface area contributed by atoms with Crippen LogP contribution in [-0.2, 0) is 4.74 Å². The number of hydrogen-bond donors (Lipinski definition) is 2. The van der Waals surface area contributed by atoms with Crippen LogP contribution in [0.15, 0.2) is 43.0 Å². The topological polar surface area (TPSA) is 141 Å². The van der Waals surface area contributed by atoms with Crippen molar-refractivity contribution >= 4 is 35.0 Å². The summed E-state index contributed by atoms with van der Waals surface area (Å²) in [6.45, 7) is 7.41. The molecular formula is C33H42N8O6. The van der Waals surface area contributed by atoms with Crippen molar-refractivity contribution in [1.82, 2.24) is 28.8 Å². The number of imidazole rings is 1. The molecule has 1 aromatic carbocycles. The van der Waals surface area contributed by atoms with E-state index in [0.717, 1.165) is 36.2 Å². The Balaban J connectivity index is 1.32. The Hall–Kier alpha value is -4.98. The number of hydrogen-bond acceptors (Lipinski definition) is 11. The summed E-state index contributed by atoms with van der Waals surface area (Å²) in [5, 5.41) is 13.4. The Morgan fingerprint density at radius 3 is 2.45 bits per heavy atom. The maximum atomic E-state index is 12.6. The molecule has 47 heavy (non-hydrogen) atoms. The molecule has 0 bridgehead atoms. The molecule has 2 N–H and O–H groups in total. The van der Waals surface area contributed by atoms with Gasteiger partial charge in [0.15, 0.2) is 17.3 Å². The normalized spacial score (nSPS) is 16.7. The van der Waals surface area contributed by atoms with Gasteiger partial charge in [-0.05, 0) is 57.2 Å². The molecule has 14 heteroatoms. The Morgan fingerprint density at radius 1 is 1.04 bits per heavy atom. The van der Waals surface area contributed by atoms with E-state index in [0.29, 0.717) is 60.1 Å². The van der Waals surface area contributed by atoms with Gasteiger partial charge in [0, 0.05) is 38.0 Å². The smallest absolute Gasteiger partial charge is 0.410 e. The standard InChI is InChI=1S/C33H42N8O6/c1-33(2,3)47-32(43)38-12-9-21(10-13-38)22-14-28-36-31(40-11-7-8-23(40)19-42)37-30(41(28)17-22)35-27-18-39(20-34-27)24-15-25(44-4)29(46-6)26(16-24)45-5/h9,14-18,20,23,42H,7-8,10-13,19H2,1-6H3,(H,35,36,37)/t23-/m0/s1. The third-order valence-electron chi connectivity index (χ3n) is 8.29. The van der Waals surface area contributed by atoms with E-state index in [4.69, 9.17) is 28.9 Å². The molecule has 1 fully saturated rings. The van der Waals surface area contributed by atoms with Gasteiger partial charge in [-0.15, -0.1) is 0 Å². The second kappa shape index (κ2) is 13.0. The molecule has 5 heterocycles. The van der Waals surface area contributed by atoms with Gasteiger partial charge in [-0.2, -0.15) is 9.97 Å². The monoisotopic (exact) mass is 646 g/mol. The summed E-state index contributed by atoms with van der Waals surface area (Å²) in [4.78, 5) is 30.8. The van der Waals surface area contributed by atoms with E-state index in [9.17, 15) is 9.90 Å². The highest BCUT2D eigenvalue weighted by Crippen LogP contribution is 2.39. The zero-order chi connectivity index (χ0) is 33.3. The second-order valence-corrected chi connectivity index (χ2v) is 12.6. The maximum absolute atomic E-state index is 12.6. The maximum Gasteiger partial charge on any atom is 0.410 e. The lowest BCUT2D eigenvalue weighted by atomic mass is 10.0. The van der Waals surface area contributed by atoms with Crippen molar-refractivity contribution in [1.29, 1.82) is 0 Å². The van der Waals surface area contributed by atoms with Gasteiger partial charge in [-0.3, -0.25) is 4.40 Å². The third-order valence-corrected chi connectivity index (χ3v) is 8.29. The number of carbonyl (C=O) groups excluding carboxylic acids is 1. The number of aliphatic hydroxyl groups excluding tert-OH is 1. The molecule has 14 nitrogen and oxygen atoms in total. The van der Waals surface area contributed by atoms with Crippen LogP contribution >= 0.6 is 0 Å². The van der Waals surface area contributed by atoms with E-state index in [1.165, 1.54) is 0 Å². The molecule has 250 valence electrons. The average molecular weight is 647 g/mol. The molecule has 1 atom stereocenters. The molecule has 0 saturated carbocycles. The highest BCUT2D eigenvalue weighted by atomic mass is 16.6. The summed E-state index contributed by atoms with van der Waals surface area (Å²) in [5.41, 5.74) is 3.03. The van der Waals surface area contributed by atoms with Crippen LogP contribution in [0.1, 0.15) is 45.6 Å². The van der Waals surface area contributed by atoms with Crippen molar-refractivity contribution in [3.05, 3.63) is 48.6 Å².